The molecular formula is C56H86N10O2. The maximum Gasteiger partial charge on any atom is 0.410 e. The van der Waals surface area contributed by atoms with E-state index in [4.69, 9.17) is 14.9 Å². The van der Waals surface area contributed by atoms with Crippen LogP contribution in [0.5, 0.6) is 0 Å². The van der Waals surface area contributed by atoms with E-state index in [1.165, 1.54) is 123 Å². The summed E-state index contributed by atoms with van der Waals surface area (Å²) in [4.78, 5) is 25.0. The van der Waals surface area contributed by atoms with Gasteiger partial charge < -0.3 is 24.8 Å². The van der Waals surface area contributed by atoms with Crippen molar-refractivity contribution >= 4 is 17.5 Å². The molecule has 372 valence electrons. The maximum atomic E-state index is 12.7. The molecule has 0 aliphatic carbocycles. The quantitative estimate of drug-likeness (QED) is 0.167. The average Bonchev–Trinajstić information content (AvgIpc) is 4.19. The van der Waals surface area contributed by atoms with Crippen molar-refractivity contribution < 1.29 is 9.53 Å². The zero-order valence-corrected chi connectivity index (χ0v) is 42.2. The molecule has 0 unspecified atom stereocenters. The average molecular weight is 931 g/mol. The Kier molecular flexibility index (Phi) is 15.7. The molecule has 8 heterocycles. The van der Waals surface area contributed by atoms with E-state index in [2.05, 4.69) is 123 Å². The van der Waals surface area contributed by atoms with E-state index in [1.54, 1.807) is 0 Å². The smallest absolute Gasteiger partial charge is 0.410 e. The molecule has 0 saturated carbocycles. The van der Waals surface area contributed by atoms with Gasteiger partial charge in [-0.15, -0.1) is 0 Å². The van der Waals surface area contributed by atoms with E-state index in [1.807, 2.05) is 25.7 Å². The topological polar surface area (TPSA) is 90.2 Å². The van der Waals surface area contributed by atoms with Gasteiger partial charge in [-0.1, -0.05) is 31.7 Å². The Balaban J connectivity index is 0.000000185. The summed E-state index contributed by atoms with van der Waals surface area (Å²) in [6.07, 6.45) is 19.3. The molecule has 0 bridgehead atoms. The summed E-state index contributed by atoms with van der Waals surface area (Å²) >= 11 is 0. The molecule has 6 aliphatic heterocycles. The van der Waals surface area contributed by atoms with Crippen LogP contribution in [0.15, 0.2) is 60.9 Å². The first-order valence-corrected chi connectivity index (χ1v) is 26.3. The van der Waals surface area contributed by atoms with Crippen LogP contribution in [0.25, 0.3) is 22.5 Å². The number of carbonyl (C=O) groups excluding carboxylic acids is 1. The highest BCUT2D eigenvalue weighted by Crippen LogP contribution is 2.42. The van der Waals surface area contributed by atoms with E-state index in [-0.39, 0.29) is 19.1 Å². The summed E-state index contributed by atoms with van der Waals surface area (Å²) in [6.45, 7) is 27.4. The molecule has 0 atom stereocenters. The number of piperidine rings is 2. The highest BCUT2D eigenvalue weighted by molar-refractivity contribution is 5.70. The third-order valence-electron chi connectivity index (χ3n) is 15.9. The normalized spacial score (nSPS) is 20.8. The van der Waals surface area contributed by atoms with Gasteiger partial charge in [0.25, 0.3) is 0 Å². The van der Waals surface area contributed by atoms with Gasteiger partial charge in [-0.2, -0.15) is 10.2 Å². The van der Waals surface area contributed by atoms with E-state index in [9.17, 15) is 4.79 Å². The number of hydrogen-bond donors (Lipinski definition) is 1. The molecule has 2 aromatic heterocycles. The van der Waals surface area contributed by atoms with Crippen molar-refractivity contribution in [3.8, 4) is 22.5 Å². The van der Waals surface area contributed by atoms with Crippen LogP contribution in [0.2, 0.25) is 0 Å². The highest BCUT2D eigenvalue weighted by atomic mass is 16.6. The minimum atomic E-state index is -0.454. The number of hydrogen-bond acceptors (Lipinski definition) is 9. The van der Waals surface area contributed by atoms with Crippen molar-refractivity contribution in [2.24, 2.45) is 0 Å². The predicted octanol–water partition coefficient (Wildman–Crippen LogP) is 11.2. The van der Waals surface area contributed by atoms with Gasteiger partial charge in [0.1, 0.15) is 5.60 Å². The van der Waals surface area contributed by atoms with Gasteiger partial charge in [0, 0.05) is 122 Å². The first kappa shape index (κ1) is 50.0. The molecule has 6 aliphatic rings. The van der Waals surface area contributed by atoms with Crippen LogP contribution in [0.1, 0.15) is 156 Å². The number of amides is 1. The van der Waals surface area contributed by atoms with Crippen LogP contribution < -0.4 is 15.1 Å². The number of aromatic nitrogens is 4. The second-order valence-corrected chi connectivity index (χ2v) is 22.4. The standard InChI is InChI=1S/C30H45N5O2.C25H37N5.CH4/c1-23(2)35-22-25(27(31-35)24-10-8-11-26(20-24)32-15-6-7-16-32)21-34-17-9-12-30(34)13-18-33(19-14-30)28(36)37-29(3,4)5;1-20(2)30-19-22(18-29-16-6-9-25(29)10-12-26-13-11-25)24(27-30)21-7-5-8-23(17-21)28-14-3-4-15-28;/h8,10-11,20,22-23H,6-7,9,12-19,21H2,1-5H3;5,7-8,17,19-20,26H,3-4,6,9-16,18H2,1-2H3;1H4. The van der Waals surface area contributed by atoms with Gasteiger partial charge in [-0.05, 0) is 176 Å². The summed E-state index contributed by atoms with van der Waals surface area (Å²) in [7, 11) is 0. The predicted molar refractivity (Wildman–Crippen MR) is 280 cm³/mol. The zero-order chi connectivity index (χ0) is 46.8. The molecule has 1 amide bonds. The second kappa shape index (κ2) is 21.3. The third-order valence-corrected chi connectivity index (χ3v) is 15.9. The van der Waals surface area contributed by atoms with Crippen LogP contribution in [0.4, 0.5) is 16.2 Å². The number of benzene rings is 2. The molecule has 6 saturated heterocycles. The maximum absolute atomic E-state index is 12.7. The number of anilines is 2. The Morgan fingerprint density at radius 2 is 1.06 bits per heavy atom. The SMILES string of the molecule is C.CC(C)n1cc(CN2CCCC23CCN(C(=O)OC(C)(C)C)CC3)c(-c2cccc(N3CCCC3)c2)n1.CC(C)n1cc(CN2CCCC23CCNCC3)c(-c2cccc(N3CCCC3)c2)n1. The van der Waals surface area contributed by atoms with Crippen LogP contribution in [-0.2, 0) is 17.8 Å². The molecular weight excluding hydrogens is 845 g/mol. The summed E-state index contributed by atoms with van der Waals surface area (Å²) in [5.74, 6) is 0. The fraction of sp³-hybridized carbons (Fsp3) is 0.661. The fourth-order valence-electron chi connectivity index (χ4n) is 12.1. The Hall–Kier alpha value is -4.39. The van der Waals surface area contributed by atoms with E-state index in [0.717, 1.165) is 77.4 Å². The number of carbonyl (C=O) groups is 1. The van der Waals surface area contributed by atoms with Crippen molar-refractivity contribution in [3.05, 3.63) is 72.1 Å². The lowest BCUT2D eigenvalue weighted by molar-refractivity contribution is 0.00166. The second-order valence-electron chi connectivity index (χ2n) is 22.4. The number of rotatable bonds is 10. The number of ether oxygens (including phenoxy) is 1. The van der Waals surface area contributed by atoms with Gasteiger partial charge in [-0.3, -0.25) is 19.2 Å². The monoisotopic (exact) mass is 931 g/mol. The molecule has 2 aromatic carbocycles. The molecule has 68 heavy (non-hydrogen) atoms. The summed E-state index contributed by atoms with van der Waals surface area (Å²) in [5.41, 5.74) is 10.3. The van der Waals surface area contributed by atoms with Gasteiger partial charge in [0.15, 0.2) is 0 Å². The summed E-state index contributed by atoms with van der Waals surface area (Å²) < 4.78 is 9.94. The molecule has 1 N–H and O–H groups in total. The van der Waals surface area contributed by atoms with E-state index in [0.29, 0.717) is 17.6 Å². The van der Waals surface area contributed by atoms with Gasteiger partial charge in [0.05, 0.1) is 11.4 Å². The molecule has 12 heteroatoms. The first-order chi connectivity index (χ1) is 32.3. The zero-order valence-electron chi connectivity index (χ0n) is 42.2. The van der Waals surface area contributed by atoms with E-state index >= 15 is 0 Å². The molecule has 0 radical (unpaired) electrons. The lowest BCUT2D eigenvalue weighted by Gasteiger charge is -2.45. The third kappa shape index (κ3) is 11.1. The Bertz CT molecular complexity index is 2260. The van der Waals surface area contributed by atoms with Crippen LogP contribution in [-0.4, -0.2) is 122 Å². The van der Waals surface area contributed by atoms with Gasteiger partial charge in [0.2, 0.25) is 0 Å². The first-order valence-electron chi connectivity index (χ1n) is 26.3. The summed E-state index contributed by atoms with van der Waals surface area (Å²) in [5, 5.41) is 13.7. The largest absolute Gasteiger partial charge is 0.444 e. The Morgan fingerprint density at radius 3 is 1.49 bits per heavy atom. The van der Waals surface area contributed by atoms with Crippen molar-refractivity contribution in [2.45, 2.75) is 175 Å². The van der Waals surface area contributed by atoms with Gasteiger partial charge in [-0.25, -0.2) is 4.79 Å². The molecule has 6 fully saturated rings. The lowest BCUT2D eigenvalue weighted by Crippen LogP contribution is -2.53. The Morgan fingerprint density at radius 1 is 0.618 bits per heavy atom. The fourth-order valence-corrected chi connectivity index (χ4v) is 12.1. The number of likely N-dealkylation sites (tertiary alicyclic amines) is 3. The number of nitrogens with zero attached hydrogens (tertiary/aromatic N) is 9. The Labute approximate surface area is 409 Å². The molecule has 12 nitrogen and oxygen atoms in total. The minimum Gasteiger partial charge on any atom is -0.444 e. The molecule has 2 spiro atoms. The van der Waals surface area contributed by atoms with Crippen LogP contribution >= 0.6 is 0 Å². The van der Waals surface area contributed by atoms with E-state index < -0.39 is 5.60 Å². The molecule has 10 rings (SSSR count). The van der Waals surface area contributed by atoms with Crippen molar-refractivity contribution in [1.29, 1.82) is 0 Å². The number of nitrogens with one attached hydrogen (secondary N) is 1. The van der Waals surface area contributed by atoms with Crippen molar-refractivity contribution in [3.63, 3.8) is 0 Å². The highest BCUT2D eigenvalue weighted by Gasteiger charge is 2.45. The van der Waals surface area contributed by atoms with Crippen molar-refractivity contribution in [2.75, 3.05) is 75.2 Å². The molecule has 4 aromatic rings. The lowest BCUT2D eigenvalue weighted by atomic mass is 9.84. The summed E-state index contributed by atoms with van der Waals surface area (Å²) in [6, 6.07) is 18.8. The van der Waals surface area contributed by atoms with Crippen LogP contribution in [0, 0.1) is 0 Å². The van der Waals surface area contributed by atoms with Crippen molar-refractivity contribution in [1.82, 2.24) is 39.6 Å². The minimum absolute atomic E-state index is 0. The van der Waals surface area contributed by atoms with Crippen LogP contribution in [0.3, 0.4) is 0 Å². The van der Waals surface area contributed by atoms with Gasteiger partial charge >= 0.3 is 6.09 Å².